The number of furan rings is 1. The standard InChI is InChI=1S/C19H20N6O3S/c1-13(2)24-29(26,27)16-7-5-14(6-8-16)17-11-21-19(25-12-22-23-18(17)25)20-10-15-4-3-9-28-15/h3-9,11-13,24H,10H2,1-2H3,(H,20,21). The number of benzene rings is 1. The van der Waals surface area contributed by atoms with E-state index >= 15 is 0 Å². The molecule has 150 valence electrons. The summed E-state index contributed by atoms with van der Waals surface area (Å²) in [5, 5.41) is 11.4. The van der Waals surface area contributed by atoms with Crippen LogP contribution in [0.5, 0.6) is 0 Å². The lowest BCUT2D eigenvalue weighted by Crippen LogP contribution is -2.30. The number of rotatable bonds is 7. The molecule has 2 N–H and O–H groups in total. The van der Waals surface area contributed by atoms with Crippen LogP contribution in [0.2, 0.25) is 0 Å². The van der Waals surface area contributed by atoms with Crippen LogP contribution in [-0.4, -0.2) is 34.0 Å². The molecule has 0 aliphatic rings. The second-order valence-corrected chi connectivity index (χ2v) is 8.47. The predicted molar refractivity (Wildman–Crippen MR) is 108 cm³/mol. The van der Waals surface area contributed by atoms with Crippen LogP contribution in [0.25, 0.3) is 16.8 Å². The molecule has 0 saturated heterocycles. The Kier molecular flexibility index (Phi) is 5.03. The molecule has 4 aromatic rings. The Labute approximate surface area is 167 Å². The van der Waals surface area contributed by atoms with E-state index in [1.165, 1.54) is 0 Å². The predicted octanol–water partition coefficient (Wildman–Crippen LogP) is 2.68. The first-order chi connectivity index (χ1) is 13.9. The number of hydrogen-bond acceptors (Lipinski definition) is 7. The van der Waals surface area contributed by atoms with Crippen molar-refractivity contribution in [3.8, 4) is 11.1 Å². The Morgan fingerprint density at radius 1 is 1.17 bits per heavy atom. The van der Waals surface area contributed by atoms with Crippen molar-refractivity contribution < 1.29 is 12.8 Å². The summed E-state index contributed by atoms with van der Waals surface area (Å²) in [5.74, 6) is 1.36. The van der Waals surface area contributed by atoms with E-state index in [-0.39, 0.29) is 10.9 Å². The summed E-state index contributed by atoms with van der Waals surface area (Å²) in [7, 11) is -3.54. The molecule has 0 unspecified atom stereocenters. The van der Waals surface area contributed by atoms with Crippen molar-refractivity contribution in [3.05, 3.63) is 60.9 Å². The Balaban J connectivity index is 1.63. The van der Waals surface area contributed by atoms with Crippen LogP contribution < -0.4 is 10.0 Å². The number of nitrogens with one attached hydrogen (secondary N) is 2. The van der Waals surface area contributed by atoms with Gasteiger partial charge in [-0.25, -0.2) is 18.1 Å². The number of nitrogens with zero attached hydrogens (tertiary/aromatic N) is 4. The lowest BCUT2D eigenvalue weighted by molar-refractivity contribution is 0.517. The Morgan fingerprint density at radius 2 is 1.97 bits per heavy atom. The number of hydrogen-bond donors (Lipinski definition) is 2. The Morgan fingerprint density at radius 3 is 2.66 bits per heavy atom. The van der Waals surface area contributed by atoms with Crippen molar-refractivity contribution in [1.82, 2.24) is 24.3 Å². The van der Waals surface area contributed by atoms with E-state index in [1.54, 1.807) is 61.3 Å². The molecule has 3 heterocycles. The number of sulfonamides is 1. The fraction of sp³-hybridized carbons (Fsp3) is 0.211. The van der Waals surface area contributed by atoms with Crippen LogP contribution in [0.15, 0.2) is 64.5 Å². The smallest absolute Gasteiger partial charge is 0.240 e. The second kappa shape index (κ2) is 7.64. The van der Waals surface area contributed by atoms with Gasteiger partial charge in [0.05, 0.1) is 17.7 Å². The van der Waals surface area contributed by atoms with Crippen molar-refractivity contribution in [3.63, 3.8) is 0 Å². The second-order valence-electron chi connectivity index (χ2n) is 6.75. The van der Waals surface area contributed by atoms with Crippen molar-refractivity contribution in [2.24, 2.45) is 0 Å². The molecular formula is C19H20N6O3S. The van der Waals surface area contributed by atoms with Crippen LogP contribution >= 0.6 is 0 Å². The number of aromatic nitrogens is 4. The monoisotopic (exact) mass is 412 g/mol. The van der Waals surface area contributed by atoms with Gasteiger partial charge >= 0.3 is 0 Å². The van der Waals surface area contributed by atoms with E-state index in [2.05, 4.69) is 25.2 Å². The van der Waals surface area contributed by atoms with Crippen LogP contribution in [0.3, 0.4) is 0 Å². The molecule has 0 radical (unpaired) electrons. The van der Waals surface area contributed by atoms with Crippen molar-refractivity contribution in [2.75, 3.05) is 5.32 Å². The third-order valence-corrected chi connectivity index (χ3v) is 5.87. The highest BCUT2D eigenvalue weighted by Crippen LogP contribution is 2.26. The van der Waals surface area contributed by atoms with E-state index in [4.69, 9.17) is 4.42 Å². The summed E-state index contributed by atoms with van der Waals surface area (Å²) >= 11 is 0. The Bertz CT molecular complexity index is 1210. The fourth-order valence-corrected chi connectivity index (χ4v) is 4.18. The van der Waals surface area contributed by atoms with Crippen LogP contribution in [0.4, 0.5) is 5.95 Å². The first kappa shape index (κ1) is 19.1. The largest absolute Gasteiger partial charge is 0.467 e. The highest BCUT2D eigenvalue weighted by Gasteiger charge is 2.16. The molecule has 0 aliphatic carbocycles. The average molecular weight is 412 g/mol. The van der Waals surface area contributed by atoms with Gasteiger partial charge in [0, 0.05) is 17.8 Å². The fourth-order valence-electron chi connectivity index (χ4n) is 2.93. The average Bonchev–Trinajstić information content (AvgIpc) is 3.37. The van der Waals surface area contributed by atoms with Crippen molar-refractivity contribution >= 4 is 21.6 Å². The van der Waals surface area contributed by atoms with Crippen molar-refractivity contribution in [1.29, 1.82) is 0 Å². The van der Waals surface area contributed by atoms with Gasteiger partial charge in [-0.1, -0.05) is 12.1 Å². The molecule has 0 aliphatic heterocycles. The highest BCUT2D eigenvalue weighted by molar-refractivity contribution is 7.89. The molecule has 3 aromatic heterocycles. The summed E-state index contributed by atoms with van der Waals surface area (Å²) < 4.78 is 34.2. The summed E-state index contributed by atoms with van der Waals surface area (Å²) in [6.45, 7) is 4.03. The maximum atomic E-state index is 12.3. The molecule has 10 heteroatoms. The summed E-state index contributed by atoms with van der Waals surface area (Å²) in [4.78, 5) is 4.67. The maximum absolute atomic E-state index is 12.3. The van der Waals surface area contributed by atoms with Gasteiger partial charge in [-0.2, -0.15) is 0 Å². The van der Waals surface area contributed by atoms with Gasteiger partial charge in [0.25, 0.3) is 0 Å². The van der Waals surface area contributed by atoms with E-state index in [1.807, 2.05) is 12.1 Å². The minimum absolute atomic E-state index is 0.180. The Hall–Kier alpha value is -3.24. The van der Waals surface area contributed by atoms with Gasteiger partial charge in [0.15, 0.2) is 5.65 Å². The number of anilines is 1. The summed E-state index contributed by atoms with van der Waals surface area (Å²) in [6.07, 6.45) is 4.87. The van der Waals surface area contributed by atoms with Gasteiger partial charge in [-0.3, -0.25) is 4.40 Å². The maximum Gasteiger partial charge on any atom is 0.240 e. The van der Waals surface area contributed by atoms with Crippen LogP contribution in [0.1, 0.15) is 19.6 Å². The lowest BCUT2D eigenvalue weighted by atomic mass is 10.1. The van der Waals surface area contributed by atoms with Gasteiger partial charge in [-0.05, 0) is 43.7 Å². The molecule has 29 heavy (non-hydrogen) atoms. The molecule has 0 amide bonds. The van der Waals surface area contributed by atoms with Crippen molar-refractivity contribution in [2.45, 2.75) is 31.3 Å². The molecule has 0 saturated carbocycles. The van der Waals surface area contributed by atoms with E-state index in [0.717, 1.165) is 16.9 Å². The molecular weight excluding hydrogens is 392 g/mol. The van der Waals surface area contributed by atoms with Gasteiger partial charge in [0.1, 0.15) is 12.1 Å². The number of fused-ring (bicyclic) bond motifs is 1. The molecule has 0 atom stereocenters. The minimum atomic E-state index is -3.54. The van der Waals surface area contributed by atoms with Gasteiger partial charge in [-0.15, -0.1) is 10.2 Å². The first-order valence-corrected chi connectivity index (χ1v) is 10.5. The molecule has 1 aromatic carbocycles. The minimum Gasteiger partial charge on any atom is -0.467 e. The van der Waals surface area contributed by atoms with Crippen LogP contribution in [0, 0.1) is 0 Å². The van der Waals surface area contributed by atoms with Crippen LogP contribution in [-0.2, 0) is 16.6 Å². The van der Waals surface area contributed by atoms with Gasteiger partial charge in [0.2, 0.25) is 16.0 Å². The normalized spacial score (nSPS) is 12.0. The lowest BCUT2D eigenvalue weighted by Gasteiger charge is -2.11. The first-order valence-electron chi connectivity index (χ1n) is 9.02. The highest BCUT2D eigenvalue weighted by atomic mass is 32.2. The molecule has 4 rings (SSSR count). The molecule has 9 nitrogen and oxygen atoms in total. The summed E-state index contributed by atoms with van der Waals surface area (Å²) in [6, 6.07) is 10.1. The zero-order chi connectivity index (χ0) is 20.4. The van der Waals surface area contributed by atoms with Gasteiger partial charge < -0.3 is 9.73 Å². The third-order valence-electron chi connectivity index (χ3n) is 4.20. The molecule has 0 spiro atoms. The summed E-state index contributed by atoms with van der Waals surface area (Å²) in [5.41, 5.74) is 2.14. The SMILES string of the molecule is CC(C)NS(=O)(=O)c1ccc(-c2cnc(NCc3ccco3)n3cnnc23)cc1. The van der Waals surface area contributed by atoms with E-state index in [0.29, 0.717) is 18.1 Å². The quantitative estimate of drug-likeness (QED) is 0.480. The molecule has 0 bridgehead atoms. The third kappa shape index (κ3) is 3.98. The zero-order valence-corrected chi connectivity index (χ0v) is 16.7. The zero-order valence-electron chi connectivity index (χ0n) is 15.9. The topological polar surface area (TPSA) is 114 Å². The van der Waals surface area contributed by atoms with E-state index in [9.17, 15) is 8.42 Å². The molecule has 0 fully saturated rings. The van der Waals surface area contributed by atoms with E-state index < -0.39 is 10.0 Å².